The lowest BCUT2D eigenvalue weighted by Crippen LogP contribution is -2.25. The first-order chi connectivity index (χ1) is 15.0. The van der Waals surface area contributed by atoms with Gasteiger partial charge in [0, 0.05) is 23.5 Å². The summed E-state index contributed by atoms with van der Waals surface area (Å²) in [5, 5.41) is 18.5. The number of methoxy groups -OCH3 is 2. The molecule has 2 aromatic carbocycles. The highest BCUT2D eigenvalue weighted by molar-refractivity contribution is 5.96. The van der Waals surface area contributed by atoms with Crippen LogP contribution in [0.5, 0.6) is 23.0 Å². The molecular formula is C20H18FN5O5. The fourth-order valence-corrected chi connectivity index (χ4v) is 2.96. The molecule has 31 heavy (non-hydrogen) atoms. The van der Waals surface area contributed by atoms with Crippen molar-refractivity contribution in [2.75, 3.05) is 36.8 Å². The summed E-state index contributed by atoms with van der Waals surface area (Å²) in [4.78, 5) is 19.6. The van der Waals surface area contributed by atoms with Gasteiger partial charge in [-0.2, -0.15) is 4.98 Å². The number of aromatic nitrogens is 2. The van der Waals surface area contributed by atoms with Gasteiger partial charge in [0.25, 0.3) is 5.91 Å². The molecule has 0 unspecified atom stereocenters. The van der Waals surface area contributed by atoms with E-state index < -0.39 is 5.82 Å². The van der Waals surface area contributed by atoms with E-state index in [1.165, 1.54) is 20.3 Å². The molecule has 0 atom stereocenters. The molecule has 0 radical (unpaired) electrons. The lowest BCUT2D eigenvalue weighted by atomic mass is 10.2. The number of amides is 1. The second-order valence-corrected chi connectivity index (χ2v) is 6.42. The SMILES string of the molecule is COc1cc(Nc2ncc(F)c(Nc3ccc4c(c3)NC(=O)CO4)n2)cc(O)c1OC. The van der Waals surface area contributed by atoms with Gasteiger partial charge in [-0.05, 0) is 18.2 Å². The molecule has 1 aromatic heterocycles. The Morgan fingerprint density at radius 3 is 2.77 bits per heavy atom. The molecule has 0 spiro atoms. The molecule has 160 valence electrons. The fraction of sp³-hybridized carbons (Fsp3) is 0.150. The topological polar surface area (TPSA) is 127 Å². The normalized spacial score (nSPS) is 12.3. The smallest absolute Gasteiger partial charge is 0.262 e. The van der Waals surface area contributed by atoms with Crippen LogP contribution in [0.3, 0.4) is 0 Å². The number of anilines is 5. The molecule has 10 nitrogen and oxygen atoms in total. The van der Waals surface area contributed by atoms with Crippen molar-refractivity contribution >= 4 is 34.7 Å². The van der Waals surface area contributed by atoms with Crippen molar-refractivity contribution in [1.29, 1.82) is 0 Å². The zero-order valence-corrected chi connectivity index (χ0v) is 16.5. The minimum Gasteiger partial charge on any atom is -0.504 e. The maximum absolute atomic E-state index is 14.3. The molecule has 2 heterocycles. The highest BCUT2D eigenvalue weighted by atomic mass is 19.1. The van der Waals surface area contributed by atoms with E-state index in [9.17, 15) is 14.3 Å². The van der Waals surface area contributed by atoms with Crippen molar-refractivity contribution < 1.29 is 28.5 Å². The Morgan fingerprint density at radius 2 is 2.00 bits per heavy atom. The zero-order chi connectivity index (χ0) is 22.0. The summed E-state index contributed by atoms with van der Waals surface area (Å²) in [6, 6.07) is 7.89. The average molecular weight is 427 g/mol. The van der Waals surface area contributed by atoms with Crippen molar-refractivity contribution in [2.45, 2.75) is 0 Å². The van der Waals surface area contributed by atoms with E-state index in [1.54, 1.807) is 24.3 Å². The third-order valence-electron chi connectivity index (χ3n) is 4.33. The quantitative estimate of drug-likeness (QED) is 0.469. The van der Waals surface area contributed by atoms with Crippen LogP contribution in [0, 0.1) is 5.82 Å². The van der Waals surface area contributed by atoms with Crippen LogP contribution in [-0.2, 0) is 4.79 Å². The molecule has 4 rings (SSSR count). The number of carbonyl (C=O) groups is 1. The van der Waals surface area contributed by atoms with E-state index in [2.05, 4.69) is 25.9 Å². The van der Waals surface area contributed by atoms with Crippen LogP contribution in [-0.4, -0.2) is 41.8 Å². The van der Waals surface area contributed by atoms with Crippen LogP contribution in [0.4, 0.5) is 33.2 Å². The Morgan fingerprint density at radius 1 is 1.16 bits per heavy atom. The summed E-state index contributed by atoms with van der Waals surface area (Å²) >= 11 is 0. The molecule has 0 saturated carbocycles. The second-order valence-electron chi connectivity index (χ2n) is 6.42. The third kappa shape index (κ3) is 4.20. The number of phenols is 1. The predicted octanol–water partition coefficient (Wildman–Crippen LogP) is 3.16. The van der Waals surface area contributed by atoms with E-state index in [-0.39, 0.29) is 35.8 Å². The second kappa shape index (κ2) is 8.22. The Hall–Kier alpha value is -4.28. The molecule has 11 heteroatoms. The van der Waals surface area contributed by atoms with Crippen molar-refractivity contribution in [2.24, 2.45) is 0 Å². The van der Waals surface area contributed by atoms with E-state index in [1.807, 2.05) is 0 Å². The summed E-state index contributed by atoms with van der Waals surface area (Å²) in [6.07, 6.45) is 1.00. The lowest BCUT2D eigenvalue weighted by molar-refractivity contribution is -0.118. The monoisotopic (exact) mass is 427 g/mol. The van der Waals surface area contributed by atoms with Crippen molar-refractivity contribution in [3.8, 4) is 23.0 Å². The number of aromatic hydroxyl groups is 1. The van der Waals surface area contributed by atoms with E-state index >= 15 is 0 Å². The van der Waals surface area contributed by atoms with E-state index in [0.717, 1.165) is 6.20 Å². The van der Waals surface area contributed by atoms with E-state index in [4.69, 9.17) is 14.2 Å². The highest BCUT2D eigenvalue weighted by Crippen LogP contribution is 2.39. The Balaban J connectivity index is 1.58. The number of ether oxygens (including phenoxy) is 3. The number of nitrogens with one attached hydrogen (secondary N) is 3. The Kier molecular flexibility index (Phi) is 5.31. The fourth-order valence-electron chi connectivity index (χ4n) is 2.96. The maximum atomic E-state index is 14.3. The van der Waals surface area contributed by atoms with Gasteiger partial charge in [0.05, 0.1) is 26.1 Å². The molecule has 0 fully saturated rings. The molecule has 1 aliphatic rings. The summed E-state index contributed by atoms with van der Waals surface area (Å²) in [6.45, 7) is -0.0545. The van der Waals surface area contributed by atoms with Crippen molar-refractivity contribution in [3.63, 3.8) is 0 Å². The largest absolute Gasteiger partial charge is 0.504 e. The number of hydrogen-bond acceptors (Lipinski definition) is 9. The van der Waals surface area contributed by atoms with Gasteiger partial charge < -0.3 is 35.3 Å². The van der Waals surface area contributed by atoms with Gasteiger partial charge in [-0.25, -0.2) is 9.37 Å². The average Bonchev–Trinajstić information content (AvgIpc) is 2.75. The number of nitrogens with zero attached hydrogens (tertiary/aromatic N) is 2. The van der Waals surface area contributed by atoms with Crippen LogP contribution >= 0.6 is 0 Å². The summed E-state index contributed by atoms with van der Waals surface area (Å²) in [5.41, 5.74) is 1.35. The molecule has 4 N–H and O–H groups in total. The summed E-state index contributed by atoms with van der Waals surface area (Å²) in [7, 11) is 2.84. The lowest BCUT2D eigenvalue weighted by Gasteiger charge is -2.19. The molecular weight excluding hydrogens is 409 g/mol. The molecule has 0 aliphatic carbocycles. The van der Waals surface area contributed by atoms with Crippen LogP contribution in [0.2, 0.25) is 0 Å². The molecule has 1 aliphatic heterocycles. The van der Waals surface area contributed by atoms with Crippen molar-refractivity contribution in [1.82, 2.24) is 9.97 Å². The third-order valence-corrected chi connectivity index (χ3v) is 4.33. The van der Waals surface area contributed by atoms with Gasteiger partial charge in [-0.3, -0.25) is 4.79 Å². The number of hydrogen-bond donors (Lipinski definition) is 4. The van der Waals surface area contributed by atoms with Crippen LogP contribution in [0.15, 0.2) is 36.5 Å². The van der Waals surface area contributed by atoms with Crippen LogP contribution in [0.25, 0.3) is 0 Å². The predicted molar refractivity (Wildman–Crippen MR) is 110 cm³/mol. The van der Waals surface area contributed by atoms with Gasteiger partial charge >= 0.3 is 0 Å². The number of phenolic OH excluding ortho intramolecular Hbond substituents is 1. The van der Waals surface area contributed by atoms with Crippen LogP contribution < -0.4 is 30.2 Å². The van der Waals surface area contributed by atoms with Gasteiger partial charge in [-0.15, -0.1) is 0 Å². The molecule has 1 amide bonds. The number of carbonyl (C=O) groups excluding carboxylic acids is 1. The standard InChI is InChI=1S/C20H18FN5O5/c1-29-16-7-11(6-14(27)18(16)30-2)24-20-22-8-12(21)19(26-20)23-10-3-4-15-13(5-10)25-17(28)9-31-15/h3-8,27H,9H2,1-2H3,(H,25,28)(H2,22,23,24,26). The zero-order valence-electron chi connectivity index (χ0n) is 16.5. The summed E-state index contributed by atoms with van der Waals surface area (Å²) < 4.78 is 29.9. The van der Waals surface area contributed by atoms with Gasteiger partial charge in [0.15, 0.2) is 29.7 Å². The number of fused-ring (bicyclic) bond motifs is 1. The molecule has 0 bridgehead atoms. The van der Waals surface area contributed by atoms with Gasteiger partial charge in [0.1, 0.15) is 5.75 Å². The highest BCUT2D eigenvalue weighted by Gasteiger charge is 2.17. The minimum atomic E-state index is -0.682. The Labute approximate surface area is 176 Å². The van der Waals surface area contributed by atoms with Gasteiger partial charge in [-0.1, -0.05) is 0 Å². The Bertz CT molecular complexity index is 1160. The van der Waals surface area contributed by atoms with Gasteiger partial charge in [0.2, 0.25) is 11.7 Å². The number of benzene rings is 2. The maximum Gasteiger partial charge on any atom is 0.262 e. The minimum absolute atomic E-state index is 0.0545. The first-order valence-corrected chi connectivity index (χ1v) is 9.05. The van der Waals surface area contributed by atoms with Crippen LogP contribution in [0.1, 0.15) is 0 Å². The van der Waals surface area contributed by atoms with Crippen molar-refractivity contribution in [3.05, 3.63) is 42.3 Å². The first kappa shape index (κ1) is 20.0. The molecule has 0 saturated heterocycles. The molecule has 3 aromatic rings. The summed E-state index contributed by atoms with van der Waals surface area (Å²) in [5.74, 6) is -0.133. The van der Waals surface area contributed by atoms with E-state index in [0.29, 0.717) is 28.6 Å². The first-order valence-electron chi connectivity index (χ1n) is 9.05. The number of rotatable bonds is 6. The number of halogens is 1.